The number of pyridine rings is 1. The zero-order valence-electron chi connectivity index (χ0n) is 20.2. The van der Waals surface area contributed by atoms with Crippen LogP contribution in [-0.4, -0.2) is 59.5 Å². The van der Waals surface area contributed by atoms with Gasteiger partial charge in [0.05, 0.1) is 11.4 Å². The fourth-order valence-electron chi connectivity index (χ4n) is 5.60. The molecule has 34 heavy (non-hydrogen) atoms. The fourth-order valence-corrected chi connectivity index (χ4v) is 5.60. The summed E-state index contributed by atoms with van der Waals surface area (Å²) in [4.78, 5) is 33.0. The van der Waals surface area contributed by atoms with Gasteiger partial charge in [0.1, 0.15) is 0 Å². The molecule has 0 bridgehead atoms. The second-order valence-electron chi connectivity index (χ2n) is 9.47. The average molecular weight is 459 g/mol. The Morgan fingerprint density at radius 3 is 2.32 bits per heavy atom. The van der Waals surface area contributed by atoms with Crippen molar-refractivity contribution in [1.29, 1.82) is 0 Å². The lowest BCUT2D eigenvalue weighted by molar-refractivity contribution is -0.123. The van der Waals surface area contributed by atoms with Crippen molar-refractivity contribution >= 4 is 22.5 Å². The molecule has 1 amide bonds. The number of anilines is 1. The summed E-state index contributed by atoms with van der Waals surface area (Å²) in [5, 5.41) is 1.12. The van der Waals surface area contributed by atoms with E-state index in [9.17, 15) is 9.59 Å². The molecule has 1 aromatic heterocycles. The first-order valence-corrected chi connectivity index (χ1v) is 12.5. The molecule has 0 unspecified atom stereocenters. The smallest absolute Gasteiger partial charge is 0.255 e. The number of piperazine rings is 1. The predicted molar refractivity (Wildman–Crippen MR) is 137 cm³/mol. The molecule has 0 saturated carbocycles. The SMILES string of the molecule is CCN1C(=O)[C@H](CN2CCN(Cc3cc4ccccc4n(CC)c3=O)CC2)Cc2ccccc21. The van der Waals surface area contributed by atoms with E-state index in [1.807, 2.05) is 40.7 Å². The van der Waals surface area contributed by atoms with Gasteiger partial charge in [-0.15, -0.1) is 0 Å². The Balaban J connectivity index is 1.24. The first-order valence-electron chi connectivity index (χ1n) is 12.5. The number of hydrogen-bond donors (Lipinski definition) is 0. The monoisotopic (exact) mass is 458 g/mol. The number of carbonyl (C=O) groups is 1. The Morgan fingerprint density at radius 1 is 0.853 bits per heavy atom. The summed E-state index contributed by atoms with van der Waals surface area (Å²) in [7, 11) is 0. The van der Waals surface area contributed by atoms with Crippen LogP contribution >= 0.6 is 0 Å². The van der Waals surface area contributed by atoms with Crippen LogP contribution in [0.2, 0.25) is 0 Å². The molecular weight excluding hydrogens is 424 g/mol. The third-order valence-corrected chi connectivity index (χ3v) is 7.41. The largest absolute Gasteiger partial charge is 0.312 e. The van der Waals surface area contributed by atoms with Crippen molar-refractivity contribution in [2.45, 2.75) is 33.4 Å². The Morgan fingerprint density at radius 2 is 1.56 bits per heavy atom. The molecule has 0 N–H and O–H groups in total. The Hall–Kier alpha value is -2.96. The molecule has 0 aliphatic carbocycles. The van der Waals surface area contributed by atoms with Gasteiger partial charge in [0.2, 0.25) is 5.91 Å². The normalized spacial score (nSPS) is 19.5. The number of nitrogens with zero attached hydrogens (tertiary/aromatic N) is 4. The lowest BCUT2D eigenvalue weighted by Crippen LogP contribution is -2.51. The molecule has 178 valence electrons. The van der Waals surface area contributed by atoms with E-state index in [0.717, 1.165) is 61.3 Å². The van der Waals surface area contributed by atoms with E-state index in [0.29, 0.717) is 19.6 Å². The van der Waals surface area contributed by atoms with Crippen molar-refractivity contribution in [1.82, 2.24) is 14.4 Å². The van der Waals surface area contributed by atoms with Gasteiger partial charge in [-0.1, -0.05) is 36.4 Å². The minimum absolute atomic E-state index is 0.0126. The highest BCUT2D eigenvalue weighted by molar-refractivity contribution is 5.98. The van der Waals surface area contributed by atoms with Gasteiger partial charge in [-0.25, -0.2) is 0 Å². The summed E-state index contributed by atoms with van der Waals surface area (Å²) < 4.78 is 1.88. The number of aromatic nitrogens is 1. The van der Waals surface area contributed by atoms with E-state index in [2.05, 4.69) is 47.1 Å². The maximum Gasteiger partial charge on any atom is 0.255 e. The van der Waals surface area contributed by atoms with Crippen LogP contribution in [0.25, 0.3) is 10.9 Å². The number of rotatable bonds is 6. The number of hydrogen-bond acceptors (Lipinski definition) is 4. The van der Waals surface area contributed by atoms with E-state index < -0.39 is 0 Å². The van der Waals surface area contributed by atoms with Gasteiger partial charge < -0.3 is 9.47 Å². The highest BCUT2D eigenvalue weighted by atomic mass is 16.2. The van der Waals surface area contributed by atoms with Crippen molar-refractivity contribution in [3.05, 3.63) is 76.1 Å². The van der Waals surface area contributed by atoms with Crippen LogP contribution in [0.15, 0.2) is 59.4 Å². The maximum absolute atomic E-state index is 13.2. The molecule has 2 aliphatic rings. The Bertz CT molecular complexity index is 1240. The number of para-hydroxylation sites is 2. The lowest BCUT2D eigenvalue weighted by Gasteiger charge is -2.39. The first kappa shape index (κ1) is 22.8. The minimum Gasteiger partial charge on any atom is -0.312 e. The summed E-state index contributed by atoms with van der Waals surface area (Å²) >= 11 is 0. The number of amides is 1. The van der Waals surface area contributed by atoms with Crippen molar-refractivity contribution in [2.75, 3.05) is 44.2 Å². The molecule has 1 saturated heterocycles. The molecule has 1 atom stereocenters. The average Bonchev–Trinajstić information content (AvgIpc) is 2.86. The molecule has 0 radical (unpaired) electrons. The minimum atomic E-state index is 0.0126. The zero-order chi connectivity index (χ0) is 23.7. The number of fused-ring (bicyclic) bond motifs is 2. The van der Waals surface area contributed by atoms with E-state index in [1.165, 1.54) is 5.56 Å². The summed E-state index contributed by atoms with van der Waals surface area (Å²) in [5.74, 6) is 0.263. The highest BCUT2D eigenvalue weighted by Crippen LogP contribution is 2.31. The van der Waals surface area contributed by atoms with Crippen LogP contribution in [0.5, 0.6) is 0 Å². The number of benzene rings is 2. The van der Waals surface area contributed by atoms with Gasteiger partial charge in [0.25, 0.3) is 5.56 Å². The van der Waals surface area contributed by atoms with Crippen molar-refractivity contribution in [3.63, 3.8) is 0 Å². The summed E-state index contributed by atoms with van der Waals surface area (Å²) in [6.07, 6.45) is 0.819. The van der Waals surface area contributed by atoms with Gasteiger partial charge in [0.15, 0.2) is 0 Å². The highest BCUT2D eigenvalue weighted by Gasteiger charge is 2.33. The van der Waals surface area contributed by atoms with E-state index in [1.54, 1.807) is 0 Å². The van der Waals surface area contributed by atoms with Crippen LogP contribution in [0.1, 0.15) is 25.0 Å². The Labute approximate surface area is 201 Å². The molecule has 0 spiro atoms. The number of aryl methyl sites for hydroxylation is 1. The number of carbonyl (C=O) groups excluding carboxylic acids is 1. The molecule has 3 heterocycles. The fraction of sp³-hybridized carbons (Fsp3) is 0.429. The van der Waals surface area contributed by atoms with Crippen molar-refractivity contribution < 1.29 is 4.79 Å². The first-order chi connectivity index (χ1) is 16.6. The van der Waals surface area contributed by atoms with Crippen LogP contribution in [0.4, 0.5) is 5.69 Å². The van der Waals surface area contributed by atoms with Gasteiger partial charge in [0, 0.05) is 63.6 Å². The predicted octanol–water partition coefficient (Wildman–Crippen LogP) is 3.36. The third-order valence-electron chi connectivity index (χ3n) is 7.41. The zero-order valence-corrected chi connectivity index (χ0v) is 20.2. The second kappa shape index (κ2) is 9.72. The maximum atomic E-state index is 13.2. The Kier molecular flexibility index (Phi) is 6.53. The van der Waals surface area contributed by atoms with Gasteiger partial charge >= 0.3 is 0 Å². The topological polar surface area (TPSA) is 48.8 Å². The molecule has 6 nitrogen and oxygen atoms in total. The van der Waals surface area contributed by atoms with Crippen LogP contribution in [0, 0.1) is 5.92 Å². The van der Waals surface area contributed by atoms with Crippen LogP contribution < -0.4 is 10.5 Å². The molecular formula is C28H34N4O2. The molecule has 2 aliphatic heterocycles. The van der Waals surface area contributed by atoms with Crippen molar-refractivity contribution in [3.8, 4) is 0 Å². The lowest BCUT2D eigenvalue weighted by atomic mass is 9.91. The molecule has 6 heteroatoms. The third kappa shape index (κ3) is 4.28. The molecule has 2 aromatic carbocycles. The van der Waals surface area contributed by atoms with Gasteiger partial charge in [-0.2, -0.15) is 0 Å². The van der Waals surface area contributed by atoms with E-state index >= 15 is 0 Å². The second-order valence-corrected chi connectivity index (χ2v) is 9.47. The summed E-state index contributed by atoms with van der Waals surface area (Å²) in [6, 6.07) is 18.5. The van der Waals surface area contributed by atoms with Gasteiger partial charge in [-0.3, -0.25) is 19.4 Å². The summed E-state index contributed by atoms with van der Waals surface area (Å²) in [5.41, 5.74) is 4.34. The quantitative estimate of drug-likeness (QED) is 0.568. The standard InChI is InChI=1S/C28H34N4O2/c1-3-31-25-11-7-5-9-21(25)17-23(27(31)33)19-29-13-15-30(16-14-29)20-24-18-22-10-6-8-12-26(22)32(4-2)28(24)34/h5-12,17,24H,3-4,13-16,18-20H2,1-2H3/t24-/m0/s1. The van der Waals surface area contributed by atoms with E-state index in [4.69, 9.17) is 0 Å². The van der Waals surface area contributed by atoms with Crippen LogP contribution in [0.3, 0.4) is 0 Å². The molecule has 5 rings (SSSR count). The van der Waals surface area contributed by atoms with Gasteiger partial charge in [-0.05, 0) is 49.4 Å². The van der Waals surface area contributed by atoms with E-state index in [-0.39, 0.29) is 17.4 Å². The molecule has 3 aromatic rings. The summed E-state index contributed by atoms with van der Waals surface area (Å²) in [6.45, 7) is 10.6. The molecule has 1 fully saturated rings. The van der Waals surface area contributed by atoms with Crippen LogP contribution in [-0.2, 0) is 24.3 Å². The van der Waals surface area contributed by atoms with Crippen molar-refractivity contribution in [2.24, 2.45) is 5.92 Å².